The van der Waals surface area contributed by atoms with Crippen LogP contribution < -0.4 is 0 Å². The van der Waals surface area contributed by atoms with Gasteiger partial charge in [0.05, 0.1) is 31.5 Å². The van der Waals surface area contributed by atoms with Crippen LogP contribution in [0, 0.1) is 11.8 Å². The van der Waals surface area contributed by atoms with Crippen molar-refractivity contribution in [3.63, 3.8) is 0 Å². The van der Waals surface area contributed by atoms with Gasteiger partial charge in [-0.05, 0) is 12.8 Å². The van der Waals surface area contributed by atoms with Crippen molar-refractivity contribution in [1.82, 2.24) is 0 Å². The van der Waals surface area contributed by atoms with Gasteiger partial charge < -0.3 is 14.6 Å². The van der Waals surface area contributed by atoms with E-state index in [1.807, 2.05) is 0 Å². The lowest BCUT2D eigenvalue weighted by atomic mass is 9.91. The molecule has 182 valence electrons. The number of hydrogen-bond acceptors (Lipinski definition) is 5. The van der Waals surface area contributed by atoms with Gasteiger partial charge in [-0.2, -0.15) is 0 Å². The van der Waals surface area contributed by atoms with E-state index < -0.39 is 29.7 Å². The maximum absolute atomic E-state index is 12.4. The number of hydrogen-bond donors (Lipinski definition) is 1. The summed E-state index contributed by atoms with van der Waals surface area (Å²) in [5, 5.41) is 9.30. The van der Waals surface area contributed by atoms with Gasteiger partial charge in [0.15, 0.2) is 0 Å². The monoisotopic (exact) mass is 442 g/mol. The molecule has 0 rings (SSSR count). The normalized spacial score (nSPS) is 12.9. The van der Waals surface area contributed by atoms with E-state index in [-0.39, 0.29) is 13.0 Å². The molecule has 2 unspecified atom stereocenters. The van der Waals surface area contributed by atoms with Crippen LogP contribution >= 0.6 is 0 Å². The minimum Gasteiger partial charge on any atom is -0.481 e. The zero-order valence-corrected chi connectivity index (χ0v) is 20.2. The zero-order valence-electron chi connectivity index (χ0n) is 20.2. The van der Waals surface area contributed by atoms with Crippen LogP contribution in [0.5, 0.6) is 0 Å². The molecule has 2 atom stereocenters. The van der Waals surface area contributed by atoms with E-state index in [2.05, 4.69) is 13.8 Å². The highest BCUT2D eigenvalue weighted by Gasteiger charge is 2.34. The van der Waals surface area contributed by atoms with Crippen molar-refractivity contribution in [3.8, 4) is 0 Å². The highest BCUT2D eigenvalue weighted by atomic mass is 16.5. The SMILES string of the molecule is CCCCCCCCCOC(=O)CC(C(=O)OCCCCCCCCC)C(C)C(=O)O. The van der Waals surface area contributed by atoms with Crippen LogP contribution in [0.15, 0.2) is 0 Å². The van der Waals surface area contributed by atoms with Gasteiger partial charge in [-0.15, -0.1) is 0 Å². The first kappa shape index (κ1) is 29.4. The van der Waals surface area contributed by atoms with Gasteiger partial charge in [0.2, 0.25) is 0 Å². The first-order chi connectivity index (χ1) is 14.9. The van der Waals surface area contributed by atoms with E-state index in [1.54, 1.807) is 0 Å². The van der Waals surface area contributed by atoms with E-state index in [0.717, 1.165) is 38.5 Å². The summed E-state index contributed by atoms with van der Waals surface area (Å²) in [6.07, 6.45) is 15.3. The van der Waals surface area contributed by atoms with E-state index in [9.17, 15) is 19.5 Å². The predicted molar refractivity (Wildman–Crippen MR) is 123 cm³/mol. The third-order valence-corrected chi connectivity index (χ3v) is 5.69. The molecule has 1 N–H and O–H groups in total. The van der Waals surface area contributed by atoms with Gasteiger partial charge >= 0.3 is 17.9 Å². The summed E-state index contributed by atoms with van der Waals surface area (Å²) in [4.78, 5) is 35.9. The molecule has 0 aliphatic heterocycles. The Labute approximate surface area is 189 Å². The van der Waals surface area contributed by atoms with Crippen LogP contribution in [0.1, 0.15) is 117 Å². The Hall–Kier alpha value is -1.59. The van der Waals surface area contributed by atoms with Gasteiger partial charge in [-0.25, -0.2) is 0 Å². The maximum atomic E-state index is 12.4. The fraction of sp³-hybridized carbons (Fsp3) is 0.880. The average Bonchev–Trinajstić information content (AvgIpc) is 2.75. The van der Waals surface area contributed by atoms with Gasteiger partial charge in [-0.3, -0.25) is 14.4 Å². The Balaban J connectivity index is 4.18. The standard InChI is InChI=1S/C25H46O6/c1-4-6-8-10-12-14-16-18-30-23(26)20-22(21(3)24(27)28)25(29)31-19-17-15-13-11-9-7-5-2/h21-22H,4-20H2,1-3H3,(H,27,28). The van der Waals surface area contributed by atoms with Crippen LogP contribution in [0.4, 0.5) is 0 Å². The minimum atomic E-state index is -1.11. The molecular weight excluding hydrogens is 396 g/mol. The molecule has 0 spiro atoms. The molecule has 0 fully saturated rings. The van der Waals surface area contributed by atoms with Crippen molar-refractivity contribution >= 4 is 17.9 Å². The van der Waals surface area contributed by atoms with Gasteiger partial charge in [-0.1, -0.05) is 97.8 Å². The van der Waals surface area contributed by atoms with Crippen LogP contribution in [0.2, 0.25) is 0 Å². The van der Waals surface area contributed by atoms with E-state index in [0.29, 0.717) is 6.61 Å². The number of unbranched alkanes of at least 4 members (excludes halogenated alkanes) is 12. The number of rotatable bonds is 21. The number of carbonyl (C=O) groups is 3. The lowest BCUT2D eigenvalue weighted by Gasteiger charge is -2.19. The number of carboxylic acids is 1. The Morgan fingerprint density at radius 3 is 1.55 bits per heavy atom. The number of aliphatic carboxylic acids is 1. The molecule has 6 heteroatoms. The smallest absolute Gasteiger partial charge is 0.310 e. The highest BCUT2D eigenvalue weighted by molar-refractivity contribution is 5.85. The van der Waals surface area contributed by atoms with Gasteiger partial charge in [0.25, 0.3) is 0 Å². The third-order valence-electron chi connectivity index (χ3n) is 5.69. The molecule has 0 aromatic heterocycles. The summed E-state index contributed by atoms with van der Waals surface area (Å²) in [5.41, 5.74) is 0. The van der Waals surface area contributed by atoms with Crippen molar-refractivity contribution in [2.45, 2.75) is 117 Å². The van der Waals surface area contributed by atoms with Crippen molar-refractivity contribution in [2.24, 2.45) is 11.8 Å². The molecule has 0 aromatic carbocycles. The molecule has 6 nitrogen and oxygen atoms in total. The largest absolute Gasteiger partial charge is 0.481 e. The summed E-state index contributed by atoms with van der Waals surface area (Å²) in [7, 11) is 0. The molecule has 31 heavy (non-hydrogen) atoms. The maximum Gasteiger partial charge on any atom is 0.310 e. The second-order valence-electron chi connectivity index (χ2n) is 8.57. The number of carbonyl (C=O) groups excluding carboxylic acids is 2. The number of carboxylic acid groups (broad SMARTS) is 1. The lowest BCUT2D eigenvalue weighted by molar-refractivity contribution is -0.161. The zero-order chi connectivity index (χ0) is 23.3. The highest BCUT2D eigenvalue weighted by Crippen LogP contribution is 2.20. The molecule has 0 saturated heterocycles. The first-order valence-corrected chi connectivity index (χ1v) is 12.5. The molecular formula is C25H46O6. The van der Waals surface area contributed by atoms with Crippen LogP contribution in [0.3, 0.4) is 0 Å². The Morgan fingerprint density at radius 2 is 1.10 bits per heavy atom. The predicted octanol–water partition coefficient (Wildman–Crippen LogP) is 6.30. The molecule has 0 bridgehead atoms. The summed E-state index contributed by atoms with van der Waals surface area (Å²) in [6.45, 7) is 6.38. The second kappa shape index (κ2) is 20.3. The summed E-state index contributed by atoms with van der Waals surface area (Å²) >= 11 is 0. The molecule has 0 radical (unpaired) electrons. The van der Waals surface area contributed by atoms with Crippen molar-refractivity contribution in [2.75, 3.05) is 13.2 Å². The molecule has 0 aliphatic rings. The summed E-state index contributed by atoms with van der Waals surface area (Å²) in [5.74, 6) is -4.26. The fourth-order valence-corrected chi connectivity index (χ4v) is 3.46. The Bertz CT molecular complexity index is 477. The van der Waals surface area contributed by atoms with Crippen molar-refractivity contribution in [3.05, 3.63) is 0 Å². The van der Waals surface area contributed by atoms with Gasteiger partial charge in [0, 0.05) is 0 Å². The van der Waals surface area contributed by atoms with Crippen molar-refractivity contribution in [1.29, 1.82) is 0 Å². The van der Waals surface area contributed by atoms with Crippen LogP contribution in [0.25, 0.3) is 0 Å². The summed E-state index contributed by atoms with van der Waals surface area (Å²) < 4.78 is 10.5. The molecule has 0 saturated carbocycles. The van der Waals surface area contributed by atoms with E-state index >= 15 is 0 Å². The average molecular weight is 443 g/mol. The van der Waals surface area contributed by atoms with Crippen molar-refractivity contribution < 1.29 is 29.0 Å². The fourth-order valence-electron chi connectivity index (χ4n) is 3.46. The van der Waals surface area contributed by atoms with E-state index in [4.69, 9.17) is 9.47 Å². The van der Waals surface area contributed by atoms with Gasteiger partial charge in [0.1, 0.15) is 0 Å². The molecule has 0 heterocycles. The molecule has 0 amide bonds. The topological polar surface area (TPSA) is 89.9 Å². The molecule has 0 aromatic rings. The van der Waals surface area contributed by atoms with Crippen LogP contribution in [-0.2, 0) is 23.9 Å². The minimum absolute atomic E-state index is 0.250. The number of ether oxygens (including phenoxy) is 2. The number of esters is 2. The second-order valence-corrected chi connectivity index (χ2v) is 8.57. The lowest BCUT2D eigenvalue weighted by Crippen LogP contribution is -2.32. The Morgan fingerprint density at radius 1 is 0.677 bits per heavy atom. The summed E-state index contributed by atoms with van der Waals surface area (Å²) in [6, 6.07) is 0. The Kier molecular flexibility index (Phi) is 19.3. The third kappa shape index (κ3) is 16.7. The first-order valence-electron chi connectivity index (χ1n) is 12.5. The quantitative estimate of drug-likeness (QED) is 0.166. The van der Waals surface area contributed by atoms with Crippen LogP contribution in [-0.4, -0.2) is 36.2 Å². The van der Waals surface area contributed by atoms with E-state index in [1.165, 1.54) is 58.3 Å². The molecule has 0 aliphatic carbocycles.